The molecule has 2 aromatic heterocycles. The Hall–Kier alpha value is -2.30. The molecule has 0 atom stereocenters. The first-order valence-electron chi connectivity index (χ1n) is 9.99. The van der Waals surface area contributed by atoms with Crippen molar-refractivity contribution in [1.82, 2.24) is 30.3 Å². The van der Waals surface area contributed by atoms with Crippen LogP contribution in [0.5, 0.6) is 0 Å². The predicted molar refractivity (Wildman–Crippen MR) is 124 cm³/mol. The summed E-state index contributed by atoms with van der Waals surface area (Å²) in [7, 11) is 0. The summed E-state index contributed by atoms with van der Waals surface area (Å²) in [4.78, 5) is 21.8. The Kier molecular flexibility index (Phi) is 8.56. The highest BCUT2D eigenvalue weighted by atomic mass is 79.9. The highest BCUT2D eigenvalue weighted by Gasteiger charge is 2.21. The molecule has 10 heteroatoms. The van der Waals surface area contributed by atoms with Gasteiger partial charge in [-0.1, -0.05) is 32.9 Å². The Morgan fingerprint density at radius 2 is 1.90 bits per heavy atom. The van der Waals surface area contributed by atoms with Gasteiger partial charge in [-0.05, 0) is 57.5 Å². The molecule has 0 unspecified atom stereocenters. The SMILES string of the molecule is CCOCCCNC(=O)c1nnn(-c2ccc(Br)cc2)c1CSc1nc(C)cc(C)n1. The van der Waals surface area contributed by atoms with E-state index in [9.17, 15) is 4.79 Å². The second-order valence-electron chi connectivity index (χ2n) is 6.80. The van der Waals surface area contributed by atoms with Crippen LogP contribution in [0.1, 0.15) is 40.9 Å². The van der Waals surface area contributed by atoms with E-state index >= 15 is 0 Å². The van der Waals surface area contributed by atoms with Crippen molar-refractivity contribution in [2.75, 3.05) is 19.8 Å². The van der Waals surface area contributed by atoms with Crippen LogP contribution in [0.25, 0.3) is 5.69 Å². The van der Waals surface area contributed by atoms with E-state index in [4.69, 9.17) is 4.74 Å². The quantitative estimate of drug-likeness (QED) is 0.254. The molecular formula is C21H25BrN6O2S. The second-order valence-corrected chi connectivity index (χ2v) is 8.66. The summed E-state index contributed by atoms with van der Waals surface area (Å²) >= 11 is 4.90. The van der Waals surface area contributed by atoms with Gasteiger partial charge in [0.25, 0.3) is 5.91 Å². The van der Waals surface area contributed by atoms with Crippen LogP contribution in [0.3, 0.4) is 0 Å². The zero-order valence-corrected chi connectivity index (χ0v) is 20.2. The van der Waals surface area contributed by atoms with Crippen LogP contribution < -0.4 is 5.32 Å². The zero-order valence-electron chi connectivity index (χ0n) is 17.8. The molecule has 0 radical (unpaired) electrons. The Balaban J connectivity index is 1.82. The number of thioether (sulfide) groups is 1. The van der Waals surface area contributed by atoms with Crippen molar-refractivity contribution < 1.29 is 9.53 Å². The lowest BCUT2D eigenvalue weighted by atomic mass is 10.3. The summed E-state index contributed by atoms with van der Waals surface area (Å²) in [5, 5.41) is 12.0. The first-order chi connectivity index (χ1) is 15.0. The van der Waals surface area contributed by atoms with E-state index in [1.54, 1.807) is 4.68 Å². The normalized spacial score (nSPS) is 11.0. The fourth-order valence-electron chi connectivity index (χ4n) is 2.89. The van der Waals surface area contributed by atoms with Crippen LogP contribution >= 0.6 is 27.7 Å². The van der Waals surface area contributed by atoms with Gasteiger partial charge in [0.2, 0.25) is 0 Å². The molecule has 31 heavy (non-hydrogen) atoms. The number of carbonyl (C=O) groups excluding carboxylic acids is 1. The van der Waals surface area contributed by atoms with E-state index in [0.29, 0.717) is 42.1 Å². The number of aromatic nitrogens is 5. The number of benzene rings is 1. The second kappa shape index (κ2) is 11.4. The van der Waals surface area contributed by atoms with Crippen molar-refractivity contribution in [2.45, 2.75) is 38.1 Å². The lowest BCUT2D eigenvalue weighted by molar-refractivity contribution is 0.0938. The average Bonchev–Trinajstić information content (AvgIpc) is 3.16. The van der Waals surface area contributed by atoms with E-state index < -0.39 is 0 Å². The fraction of sp³-hybridized carbons (Fsp3) is 0.381. The molecule has 0 saturated carbocycles. The summed E-state index contributed by atoms with van der Waals surface area (Å²) in [6.07, 6.45) is 0.737. The van der Waals surface area contributed by atoms with Crippen LogP contribution in [0.4, 0.5) is 0 Å². The number of hydrogen-bond acceptors (Lipinski definition) is 7. The Morgan fingerprint density at radius 3 is 2.58 bits per heavy atom. The summed E-state index contributed by atoms with van der Waals surface area (Å²) in [5.74, 6) is 0.199. The third kappa shape index (κ3) is 6.59. The smallest absolute Gasteiger partial charge is 0.273 e. The maximum absolute atomic E-state index is 12.8. The predicted octanol–water partition coefficient (Wildman–Crippen LogP) is 3.89. The standard InChI is InChI=1S/C21H25BrN6O2S/c1-4-30-11-5-10-23-20(29)19-18(13-31-21-24-14(2)12-15(3)25-21)28(27-26-19)17-8-6-16(22)7-9-17/h6-9,12H,4-5,10-11,13H2,1-3H3,(H,23,29). The molecule has 2 heterocycles. The molecule has 0 aliphatic rings. The van der Waals surface area contributed by atoms with Gasteiger partial charge < -0.3 is 10.1 Å². The average molecular weight is 505 g/mol. The first-order valence-corrected chi connectivity index (χ1v) is 11.8. The monoisotopic (exact) mass is 504 g/mol. The molecule has 8 nitrogen and oxygen atoms in total. The minimum atomic E-state index is -0.253. The van der Waals surface area contributed by atoms with Gasteiger partial charge in [0, 0.05) is 41.4 Å². The van der Waals surface area contributed by atoms with Crippen molar-refractivity contribution >= 4 is 33.6 Å². The minimum Gasteiger partial charge on any atom is -0.382 e. The summed E-state index contributed by atoms with van der Waals surface area (Å²) in [5.41, 5.74) is 3.63. The van der Waals surface area contributed by atoms with Crippen LogP contribution in [0.15, 0.2) is 40.0 Å². The number of aryl methyl sites for hydroxylation is 2. The molecule has 0 spiro atoms. The number of amides is 1. The van der Waals surface area contributed by atoms with Gasteiger partial charge in [-0.3, -0.25) is 4.79 Å². The third-order valence-corrected chi connectivity index (χ3v) is 5.69. The Morgan fingerprint density at radius 1 is 1.19 bits per heavy atom. The van der Waals surface area contributed by atoms with E-state index in [0.717, 1.165) is 28.0 Å². The van der Waals surface area contributed by atoms with E-state index in [2.05, 4.69) is 41.5 Å². The van der Waals surface area contributed by atoms with Gasteiger partial charge in [-0.15, -0.1) is 5.10 Å². The topological polar surface area (TPSA) is 94.8 Å². The minimum absolute atomic E-state index is 0.253. The molecule has 164 valence electrons. The molecule has 0 bridgehead atoms. The number of ether oxygens (including phenoxy) is 1. The third-order valence-electron chi connectivity index (χ3n) is 4.30. The highest BCUT2D eigenvalue weighted by molar-refractivity contribution is 9.10. The molecule has 0 saturated heterocycles. The van der Waals surface area contributed by atoms with Gasteiger partial charge in [-0.25, -0.2) is 14.6 Å². The summed E-state index contributed by atoms with van der Waals surface area (Å²) < 4.78 is 7.97. The van der Waals surface area contributed by atoms with Crippen molar-refractivity contribution in [3.63, 3.8) is 0 Å². The molecular weight excluding hydrogens is 480 g/mol. The summed E-state index contributed by atoms with van der Waals surface area (Å²) in [6, 6.07) is 9.62. The lowest BCUT2D eigenvalue weighted by Gasteiger charge is -2.09. The molecule has 1 aromatic carbocycles. The van der Waals surface area contributed by atoms with Crippen molar-refractivity contribution in [3.05, 3.63) is 57.6 Å². The number of halogens is 1. The maximum atomic E-state index is 12.8. The van der Waals surface area contributed by atoms with Crippen LogP contribution in [-0.2, 0) is 10.5 Å². The zero-order chi connectivity index (χ0) is 22.2. The lowest BCUT2D eigenvalue weighted by Crippen LogP contribution is -2.26. The first kappa shape index (κ1) is 23.4. The molecule has 0 aliphatic heterocycles. The van der Waals surface area contributed by atoms with Crippen molar-refractivity contribution in [2.24, 2.45) is 0 Å². The highest BCUT2D eigenvalue weighted by Crippen LogP contribution is 2.24. The summed E-state index contributed by atoms with van der Waals surface area (Å²) in [6.45, 7) is 7.60. The molecule has 1 amide bonds. The Labute approximate surface area is 194 Å². The number of rotatable bonds is 10. The Bertz CT molecular complexity index is 1000. The molecule has 0 aliphatic carbocycles. The van der Waals surface area contributed by atoms with E-state index in [1.807, 2.05) is 51.1 Å². The molecule has 3 rings (SSSR count). The van der Waals surface area contributed by atoms with Crippen LogP contribution in [0.2, 0.25) is 0 Å². The van der Waals surface area contributed by atoms with E-state index in [-0.39, 0.29) is 5.91 Å². The van der Waals surface area contributed by atoms with Crippen LogP contribution in [0, 0.1) is 13.8 Å². The van der Waals surface area contributed by atoms with Crippen molar-refractivity contribution in [1.29, 1.82) is 0 Å². The molecule has 1 N–H and O–H groups in total. The number of carbonyl (C=O) groups is 1. The molecule has 3 aromatic rings. The van der Waals surface area contributed by atoms with Gasteiger partial charge >= 0.3 is 0 Å². The maximum Gasteiger partial charge on any atom is 0.273 e. The van der Waals surface area contributed by atoms with E-state index in [1.165, 1.54) is 11.8 Å². The van der Waals surface area contributed by atoms with Gasteiger partial charge in [0.15, 0.2) is 10.9 Å². The van der Waals surface area contributed by atoms with Crippen molar-refractivity contribution in [3.8, 4) is 5.69 Å². The van der Waals surface area contributed by atoms with Gasteiger partial charge in [0.05, 0.1) is 11.4 Å². The van der Waals surface area contributed by atoms with Crippen LogP contribution in [-0.4, -0.2) is 50.6 Å². The molecule has 0 fully saturated rings. The van der Waals surface area contributed by atoms with Gasteiger partial charge in [0.1, 0.15) is 0 Å². The number of nitrogens with zero attached hydrogens (tertiary/aromatic N) is 5. The van der Waals surface area contributed by atoms with Gasteiger partial charge in [-0.2, -0.15) is 0 Å². The fourth-order valence-corrected chi connectivity index (χ4v) is 4.10. The number of nitrogens with one attached hydrogen (secondary N) is 1. The number of hydrogen-bond donors (Lipinski definition) is 1. The largest absolute Gasteiger partial charge is 0.382 e.